The van der Waals surface area contributed by atoms with E-state index in [0.29, 0.717) is 11.6 Å². The summed E-state index contributed by atoms with van der Waals surface area (Å²) >= 11 is 11.4. The molecule has 12 heavy (non-hydrogen) atoms. The smallest absolute Gasteiger partial charge is 0.121 e. The van der Waals surface area contributed by atoms with Gasteiger partial charge in [-0.2, -0.15) is 0 Å². The van der Waals surface area contributed by atoms with Gasteiger partial charge in [-0.3, -0.25) is 0 Å². The summed E-state index contributed by atoms with van der Waals surface area (Å²) in [7, 11) is 0. The summed E-state index contributed by atoms with van der Waals surface area (Å²) in [5, 5.41) is 0.688. The summed E-state index contributed by atoms with van der Waals surface area (Å²) < 4.78 is 7.31. The van der Waals surface area contributed by atoms with Crippen LogP contribution in [0.5, 0.6) is 5.75 Å². The Hall–Kier alpha value is 0.520. The second-order valence-electron chi connectivity index (χ2n) is 2.14. The lowest BCUT2D eigenvalue weighted by Gasteiger charge is -2.04. The Bertz CT molecular complexity index is 247. The summed E-state index contributed by atoms with van der Waals surface area (Å²) in [5.41, 5.74) is 0. The van der Waals surface area contributed by atoms with Crippen LogP contribution in [-0.2, 0) is 0 Å². The number of benzene rings is 1. The molecule has 1 aromatic rings. The maximum atomic E-state index is 5.82. The molecular formula is C8H7BrClIO. The zero-order chi connectivity index (χ0) is 8.97. The van der Waals surface area contributed by atoms with Crippen molar-refractivity contribution < 1.29 is 4.74 Å². The molecule has 0 aliphatic heterocycles. The van der Waals surface area contributed by atoms with Crippen LogP contribution in [-0.4, -0.2) is 11.0 Å². The Labute approximate surface area is 98.7 Å². The molecule has 0 bridgehead atoms. The summed E-state index contributed by atoms with van der Waals surface area (Å²) in [6.45, 7) is 0.716. The van der Waals surface area contributed by atoms with E-state index in [-0.39, 0.29) is 0 Å². The fourth-order valence-corrected chi connectivity index (χ4v) is 1.82. The van der Waals surface area contributed by atoms with E-state index in [1.807, 2.05) is 12.1 Å². The van der Waals surface area contributed by atoms with Crippen LogP contribution in [0.25, 0.3) is 0 Å². The topological polar surface area (TPSA) is 9.23 Å². The molecule has 0 unspecified atom stereocenters. The van der Waals surface area contributed by atoms with Crippen LogP contribution in [0.15, 0.2) is 22.7 Å². The first-order valence-corrected chi connectivity index (χ1v) is 6.07. The van der Waals surface area contributed by atoms with Crippen LogP contribution in [0.1, 0.15) is 0 Å². The van der Waals surface area contributed by atoms with Crippen LogP contribution in [0, 0.1) is 0 Å². The van der Waals surface area contributed by atoms with Crippen molar-refractivity contribution in [1.29, 1.82) is 0 Å². The largest absolute Gasteiger partial charge is 0.493 e. The number of alkyl halides is 1. The lowest BCUT2D eigenvalue weighted by molar-refractivity contribution is 0.346. The quantitative estimate of drug-likeness (QED) is 0.586. The van der Waals surface area contributed by atoms with Crippen molar-refractivity contribution in [1.82, 2.24) is 0 Å². The number of hydrogen-bond acceptors (Lipinski definition) is 1. The molecule has 0 aliphatic rings. The highest BCUT2D eigenvalue weighted by atomic mass is 127. The molecule has 0 heterocycles. The van der Waals surface area contributed by atoms with Crippen LogP contribution in [0.4, 0.5) is 0 Å². The molecule has 0 spiro atoms. The van der Waals surface area contributed by atoms with Crippen molar-refractivity contribution >= 4 is 50.1 Å². The maximum absolute atomic E-state index is 5.82. The highest BCUT2D eigenvalue weighted by molar-refractivity contribution is 14.1. The summed E-state index contributed by atoms with van der Waals surface area (Å²) in [5.74, 6) is 0.811. The Morgan fingerprint density at radius 2 is 2.17 bits per heavy atom. The first-order chi connectivity index (χ1) is 5.72. The molecule has 0 aliphatic carbocycles. The van der Waals surface area contributed by atoms with E-state index in [4.69, 9.17) is 16.3 Å². The lowest BCUT2D eigenvalue weighted by Crippen LogP contribution is -1.97. The standard InChI is InChI=1S/C8H7BrClIO/c9-6-3-7(10)5-8(4-6)12-2-1-11/h3-5H,1-2H2. The van der Waals surface area contributed by atoms with E-state index in [1.54, 1.807) is 6.07 Å². The van der Waals surface area contributed by atoms with E-state index >= 15 is 0 Å². The SMILES string of the molecule is Clc1cc(Br)cc(OCCI)c1. The number of ether oxygens (including phenoxy) is 1. The van der Waals surface area contributed by atoms with Crippen molar-refractivity contribution in [2.24, 2.45) is 0 Å². The molecule has 1 nitrogen and oxygen atoms in total. The minimum atomic E-state index is 0.688. The minimum Gasteiger partial charge on any atom is -0.493 e. The van der Waals surface area contributed by atoms with Gasteiger partial charge in [0, 0.05) is 13.9 Å². The molecule has 1 rings (SSSR count). The second-order valence-corrected chi connectivity index (χ2v) is 4.57. The van der Waals surface area contributed by atoms with Gasteiger partial charge in [-0.25, -0.2) is 0 Å². The Kier molecular flexibility index (Phi) is 4.68. The average Bonchev–Trinajstić information content (AvgIpc) is 1.99. The van der Waals surface area contributed by atoms with Gasteiger partial charge in [0.05, 0.1) is 6.61 Å². The van der Waals surface area contributed by atoms with E-state index in [0.717, 1.165) is 14.6 Å². The monoisotopic (exact) mass is 360 g/mol. The van der Waals surface area contributed by atoms with Crippen LogP contribution in [0.3, 0.4) is 0 Å². The first kappa shape index (κ1) is 10.6. The molecule has 0 atom stereocenters. The number of rotatable bonds is 3. The third-order valence-electron chi connectivity index (χ3n) is 1.18. The van der Waals surface area contributed by atoms with Gasteiger partial charge in [0.25, 0.3) is 0 Å². The highest BCUT2D eigenvalue weighted by Gasteiger charge is 1.97. The first-order valence-electron chi connectivity index (χ1n) is 3.37. The van der Waals surface area contributed by atoms with Crippen LogP contribution in [0.2, 0.25) is 5.02 Å². The van der Waals surface area contributed by atoms with Gasteiger partial charge in [0.15, 0.2) is 0 Å². The van der Waals surface area contributed by atoms with Gasteiger partial charge in [-0.05, 0) is 18.2 Å². The molecule has 66 valence electrons. The molecule has 0 saturated heterocycles. The Morgan fingerprint density at radius 3 is 2.75 bits per heavy atom. The zero-order valence-corrected chi connectivity index (χ0v) is 10.7. The van der Waals surface area contributed by atoms with Gasteiger partial charge in [-0.1, -0.05) is 50.1 Å². The Morgan fingerprint density at radius 1 is 1.42 bits per heavy atom. The zero-order valence-electron chi connectivity index (χ0n) is 6.19. The predicted molar refractivity (Wildman–Crippen MR) is 63.5 cm³/mol. The summed E-state index contributed by atoms with van der Waals surface area (Å²) in [6.07, 6.45) is 0. The minimum absolute atomic E-state index is 0.688. The van der Waals surface area contributed by atoms with Crippen LogP contribution < -0.4 is 4.74 Å². The van der Waals surface area contributed by atoms with Gasteiger partial charge in [-0.15, -0.1) is 0 Å². The third-order valence-corrected chi connectivity index (χ3v) is 2.30. The third kappa shape index (κ3) is 3.49. The highest BCUT2D eigenvalue weighted by Crippen LogP contribution is 2.24. The average molecular weight is 361 g/mol. The fraction of sp³-hybridized carbons (Fsp3) is 0.250. The molecule has 1 aromatic carbocycles. The van der Waals surface area contributed by atoms with E-state index in [9.17, 15) is 0 Å². The van der Waals surface area contributed by atoms with Gasteiger partial charge >= 0.3 is 0 Å². The van der Waals surface area contributed by atoms with E-state index in [1.165, 1.54) is 0 Å². The van der Waals surface area contributed by atoms with Crippen molar-refractivity contribution in [2.75, 3.05) is 11.0 Å². The van der Waals surface area contributed by atoms with Crippen molar-refractivity contribution in [2.45, 2.75) is 0 Å². The van der Waals surface area contributed by atoms with Crippen molar-refractivity contribution in [3.8, 4) is 5.75 Å². The van der Waals surface area contributed by atoms with E-state index < -0.39 is 0 Å². The molecule has 0 radical (unpaired) electrons. The molecule has 4 heteroatoms. The van der Waals surface area contributed by atoms with Gasteiger partial charge in [0.2, 0.25) is 0 Å². The van der Waals surface area contributed by atoms with Crippen molar-refractivity contribution in [3.05, 3.63) is 27.7 Å². The second kappa shape index (κ2) is 5.29. The van der Waals surface area contributed by atoms with Crippen molar-refractivity contribution in [3.63, 3.8) is 0 Å². The molecule has 0 saturated carbocycles. The molecular weight excluding hydrogens is 354 g/mol. The lowest BCUT2D eigenvalue weighted by atomic mass is 10.3. The summed E-state index contributed by atoms with van der Waals surface area (Å²) in [4.78, 5) is 0. The fourth-order valence-electron chi connectivity index (χ4n) is 0.768. The Balaban J connectivity index is 2.72. The molecule has 0 N–H and O–H groups in total. The summed E-state index contributed by atoms with van der Waals surface area (Å²) in [6, 6.07) is 5.54. The molecule has 0 amide bonds. The molecule has 0 aromatic heterocycles. The number of halogens is 3. The maximum Gasteiger partial charge on any atom is 0.121 e. The van der Waals surface area contributed by atoms with E-state index in [2.05, 4.69) is 38.5 Å². The molecule has 0 fully saturated rings. The van der Waals surface area contributed by atoms with Crippen LogP contribution >= 0.6 is 50.1 Å². The van der Waals surface area contributed by atoms with Gasteiger partial charge in [0.1, 0.15) is 5.75 Å². The predicted octanol–water partition coefficient (Wildman–Crippen LogP) is 3.92. The number of hydrogen-bond donors (Lipinski definition) is 0. The van der Waals surface area contributed by atoms with Gasteiger partial charge < -0.3 is 4.74 Å². The normalized spacial score (nSPS) is 9.92.